The van der Waals surface area contributed by atoms with Gasteiger partial charge in [-0.3, -0.25) is 0 Å². The monoisotopic (exact) mass is 291 g/mol. The second kappa shape index (κ2) is 6.95. The van der Waals surface area contributed by atoms with Crippen molar-refractivity contribution in [2.75, 3.05) is 6.54 Å². The first kappa shape index (κ1) is 17.2. The van der Waals surface area contributed by atoms with Gasteiger partial charge in [-0.25, -0.2) is 4.98 Å². The summed E-state index contributed by atoms with van der Waals surface area (Å²) in [5.74, 6) is 0. The van der Waals surface area contributed by atoms with E-state index in [1.807, 2.05) is 4.57 Å². The van der Waals surface area contributed by atoms with Crippen molar-refractivity contribution in [2.45, 2.75) is 26.5 Å². The molecule has 0 saturated heterocycles. The molecular formula is C12H19Cl2N3O. The van der Waals surface area contributed by atoms with Gasteiger partial charge in [-0.2, -0.15) is 0 Å². The maximum atomic E-state index is 9.54. The molecule has 0 aliphatic carbocycles. The summed E-state index contributed by atoms with van der Waals surface area (Å²) in [5.41, 5.74) is 9.89. The Morgan fingerprint density at radius 1 is 1.28 bits per heavy atom. The van der Waals surface area contributed by atoms with Crippen molar-refractivity contribution in [1.82, 2.24) is 9.55 Å². The Kier molecular flexibility index (Phi) is 6.63. The van der Waals surface area contributed by atoms with E-state index in [1.165, 1.54) is 11.1 Å². The number of aromatic nitrogens is 2. The fourth-order valence-electron chi connectivity index (χ4n) is 1.76. The van der Waals surface area contributed by atoms with Gasteiger partial charge in [0.15, 0.2) is 0 Å². The van der Waals surface area contributed by atoms with Crippen LogP contribution >= 0.6 is 24.8 Å². The number of hydrogen-bond acceptors (Lipinski definition) is 3. The van der Waals surface area contributed by atoms with Gasteiger partial charge in [-0.15, -0.1) is 24.8 Å². The van der Waals surface area contributed by atoms with Crippen molar-refractivity contribution >= 4 is 35.8 Å². The number of benzene rings is 1. The molecule has 0 fully saturated rings. The largest absolute Gasteiger partial charge is 0.390 e. The average molecular weight is 292 g/mol. The van der Waals surface area contributed by atoms with Gasteiger partial charge >= 0.3 is 0 Å². The van der Waals surface area contributed by atoms with Crippen molar-refractivity contribution in [3.8, 4) is 0 Å². The van der Waals surface area contributed by atoms with Gasteiger partial charge in [0.25, 0.3) is 0 Å². The first-order chi connectivity index (χ1) is 7.61. The molecule has 3 N–H and O–H groups in total. The number of aliphatic hydroxyl groups is 1. The van der Waals surface area contributed by atoms with Gasteiger partial charge in [0.2, 0.25) is 0 Å². The van der Waals surface area contributed by atoms with Crippen LogP contribution in [0.25, 0.3) is 11.0 Å². The summed E-state index contributed by atoms with van der Waals surface area (Å²) in [4.78, 5) is 4.32. The quantitative estimate of drug-likeness (QED) is 0.907. The normalized spacial score (nSPS) is 11.8. The fraction of sp³-hybridized carbons (Fsp3) is 0.417. The summed E-state index contributed by atoms with van der Waals surface area (Å²) < 4.78 is 1.94. The van der Waals surface area contributed by atoms with E-state index in [0.717, 1.165) is 11.0 Å². The minimum atomic E-state index is -0.515. The molecular weight excluding hydrogens is 273 g/mol. The minimum absolute atomic E-state index is 0. The molecule has 102 valence electrons. The predicted molar refractivity (Wildman–Crippen MR) is 78.8 cm³/mol. The maximum absolute atomic E-state index is 9.54. The minimum Gasteiger partial charge on any atom is -0.390 e. The molecule has 0 radical (unpaired) electrons. The van der Waals surface area contributed by atoms with Crippen LogP contribution in [0.5, 0.6) is 0 Å². The molecule has 2 aromatic rings. The van der Waals surface area contributed by atoms with Crippen LogP contribution in [0.15, 0.2) is 18.5 Å². The Labute approximate surface area is 119 Å². The van der Waals surface area contributed by atoms with Gasteiger partial charge in [0.1, 0.15) is 0 Å². The smallest absolute Gasteiger partial charge is 0.0959 e. The lowest BCUT2D eigenvalue weighted by Crippen LogP contribution is -2.24. The number of hydrogen-bond donors (Lipinski definition) is 2. The molecule has 4 nitrogen and oxygen atoms in total. The van der Waals surface area contributed by atoms with Crippen molar-refractivity contribution in [3.63, 3.8) is 0 Å². The van der Waals surface area contributed by atoms with E-state index in [1.54, 1.807) is 6.33 Å². The lowest BCUT2D eigenvalue weighted by atomic mass is 10.1. The maximum Gasteiger partial charge on any atom is 0.0959 e. The molecule has 1 unspecified atom stereocenters. The van der Waals surface area contributed by atoms with E-state index in [9.17, 15) is 5.11 Å². The topological polar surface area (TPSA) is 64.1 Å². The highest BCUT2D eigenvalue weighted by Crippen LogP contribution is 2.18. The van der Waals surface area contributed by atoms with Crippen LogP contribution in [0.4, 0.5) is 0 Å². The highest BCUT2D eigenvalue weighted by molar-refractivity contribution is 5.85. The Bertz CT molecular complexity index is 513. The zero-order valence-corrected chi connectivity index (χ0v) is 12.1. The summed E-state index contributed by atoms with van der Waals surface area (Å²) in [7, 11) is 0. The summed E-state index contributed by atoms with van der Waals surface area (Å²) in [6.45, 7) is 4.91. The molecule has 1 atom stereocenters. The number of halogens is 2. The molecule has 18 heavy (non-hydrogen) atoms. The molecule has 0 bridgehead atoms. The van der Waals surface area contributed by atoms with E-state index in [-0.39, 0.29) is 31.4 Å². The molecule has 0 aliphatic rings. The van der Waals surface area contributed by atoms with Crippen LogP contribution in [0.2, 0.25) is 0 Å². The third-order valence-corrected chi connectivity index (χ3v) is 2.92. The summed E-state index contributed by atoms with van der Waals surface area (Å²) in [6, 6.07) is 4.16. The van der Waals surface area contributed by atoms with E-state index in [4.69, 9.17) is 5.73 Å². The van der Waals surface area contributed by atoms with Crippen LogP contribution in [0.3, 0.4) is 0 Å². The first-order valence-electron chi connectivity index (χ1n) is 5.42. The molecule has 6 heteroatoms. The Morgan fingerprint density at radius 3 is 2.50 bits per heavy atom. The number of nitrogens with zero attached hydrogens (tertiary/aromatic N) is 2. The van der Waals surface area contributed by atoms with E-state index < -0.39 is 6.10 Å². The van der Waals surface area contributed by atoms with E-state index in [2.05, 4.69) is 31.0 Å². The second-order valence-electron chi connectivity index (χ2n) is 4.21. The molecule has 0 aliphatic heterocycles. The SMILES string of the molecule is Cc1cc2ncn(CC(O)CN)c2cc1C.Cl.Cl. The van der Waals surface area contributed by atoms with Crippen molar-refractivity contribution < 1.29 is 5.11 Å². The van der Waals surface area contributed by atoms with Crippen LogP contribution in [-0.2, 0) is 6.54 Å². The lowest BCUT2D eigenvalue weighted by Gasteiger charge is -2.10. The molecule has 0 spiro atoms. The zero-order valence-electron chi connectivity index (χ0n) is 10.5. The Hall–Kier alpha value is -0.810. The standard InChI is InChI=1S/C12H17N3O.2ClH/c1-8-3-11-12(4-9(8)2)15(7-14-11)6-10(16)5-13;;/h3-4,7,10,16H,5-6,13H2,1-2H3;2*1H. The average Bonchev–Trinajstić information content (AvgIpc) is 2.62. The van der Waals surface area contributed by atoms with Crippen LogP contribution in [-0.4, -0.2) is 27.3 Å². The number of fused-ring (bicyclic) bond motifs is 1. The Balaban J connectivity index is 0.00000144. The van der Waals surface area contributed by atoms with Gasteiger partial charge in [-0.05, 0) is 37.1 Å². The molecule has 1 aromatic carbocycles. The summed E-state index contributed by atoms with van der Waals surface area (Å²) in [6.07, 6.45) is 1.24. The van der Waals surface area contributed by atoms with Crippen molar-refractivity contribution in [3.05, 3.63) is 29.6 Å². The van der Waals surface area contributed by atoms with Gasteiger partial charge < -0.3 is 15.4 Å². The van der Waals surface area contributed by atoms with Gasteiger partial charge in [-0.1, -0.05) is 0 Å². The van der Waals surface area contributed by atoms with Crippen molar-refractivity contribution in [1.29, 1.82) is 0 Å². The molecule has 1 aromatic heterocycles. The van der Waals surface area contributed by atoms with Crippen molar-refractivity contribution in [2.24, 2.45) is 5.73 Å². The lowest BCUT2D eigenvalue weighted by molar-refractivity contribution is 0.163. The molecule has 0 saturated carbocycles. The highest BCUT2D eigenvalue weighted by atomic mass is 35.5. The summed E-state index contributed by atoms with van der Waals surface area (Å²) >= 11 is 0. The first-order valence-corrected chi connectivity index (χ1v) is 5.42. The molecule has 2 rings (SSSR count). The highest BCUT2D eigenvalue weighted by Gasteiger charge is 2.08. The van der Waals surface area contributed by atoms with Crippen LogP contribution in [0, 0.1) is 13.8 Å². The van der Waals surface area contributed by atoms with Gasteiger partial charge in [0.05, 0.1) is 30.0 Å². The number of aryl methyl sites for hydroxylation is 2. The number of rotatable bonds is 3. The Morgan fingerprint density at radius 2 is 1.89 bits per heavy atom. The number of imidazole rings is 1. The van der Waals surface area contributed by atoms with E-state index in [0.29, 0.717) is 6.54 Å². The fourth-order valence-corrected chi connectivity index (χ4v) is 1.76. The summed E-state index contributed by atoms with van der Waals surface area (Å²) in [5, 5.41) is 9.54. The second-order valence-corrected chi connectivity index (χ2v) is 4.21. The predicted octanol–water partition coefficient (Wildman–Crippen LogP) is 1.82. The third-order valence-electron chi connectivity index (χ3n) is 2.92. The van der Waals surface area contributed by atoms with Gasteiger partial charge in [0, 0.05) is 6.54 Å². The number of aliphatic hydroxyl groups excluding tert-OH is 1. The zero-order chi connectivity index (χ0) is 11.7. The molecule has 0 amide bonds. The van der Waals surface area contributed by atoms with Crippen LogP contribution < -0.4 is 5.73 Å². The number of nitrogens with two attached hydrogens (primary N) is 1. The third kappa shape index (κ3) is 3.36. The molecule has 1 heterocycles. The van der Waals surface area contributed by atoms with Crippen LogP contribution in [0.1, 0.15) is 11.1 Å². The van der Waals surface area contributed by atoms with E-state index >= 15 is 0 Å².